The molecule has 1 rings (SSSR count). The molecule has 18 heavy (non-hydrogen) atoms. The average Bonchev–Trinajstić information content (AvgIpc) is 2.30. The maximum Gasteiger partial charge on any atom is 0.242 e. The zero-order valence-electron chi connectivity index (χ0n) is 12.0. The minimum Gasteiger partial charge on any atom is -0.476 e. The Morgan fingerprint density at radius 3 is 2.56 bits per heavy atom. The van der Waals surface area contributed by atoms with E-state index in [0.29, 0.717) is 30.1 Å². The summed E-state index contributed by atoms with van der Waals surface area (Å²) in [5.41, 5.74) is 6.56. The number of hydrogen-bond acceptors (Lipinski definition) is 5. The summed E-state index contributed by atoms with van der Waals surface area (Å²) in [5.74, 6) is 1.84. The first-order chi connectivity index (χ1) is 8.47. The van der Waals surface area contributed by atoms with E-state index in [1.807, 2.05) is 14.0 Å². The van der Waals surface area contributed by atoms with Crippen LogP contribution in [-0.2, 0) is 0 Å². The van der Waals surface area contributed by atoms with Gasteiger partial charge in [0.25, 0.3) is 0 Å². The number of nitrogen functional groups attached to an aromatic ring is 1. The van der Waals surface area contributed by atoms with E-state index in [0.717, 1.165) is 12.2 Å². The molecular weight excluding hydrogens is 228 g/mol. The average molecular weight is 252 g/mol. The summed E-state index contributed by atoms with van der Waals surface area (Å²) in [6, 6.07) is 0.372. The number of hydrogen-bond donors (Lipinski definition) is 1. The van der Waals surface area contributed by atoms with Crippen LogP contribution >= 0.6 is 0 Å². The van der Waals surface area contributed by atoms with Gasteiger partial charge in [-0.15, -0.1) is 0 Å². The lowest BCUT2D eigenvalue weighted by molar-refractivity contribution is 0.328. The monoisotopic (exact) mass is 252 g/mol. The maximum absolute atomic E-state index is 6.05. The minimum absolute atomic E-state index is 0.372. The zero-order valence-corrected chi connectivity index (χ0v) is 12.0. The van der Waals surface area contributed by atoms with Gasteiger partial charge in [-0.3, -0.25) is 0 Å². The third-order valence-corrected chi connectivity index (χ3v) is 2.92. The highest BCUT2D eigenvalue weighted by Crippen LogP contribution is 2.29. The van der Waals surface area contributed by atoms with Crippen LogP contribution in [0.3, 0.4) is 0 Å². The molecule has 0 aromatic carbocycles. The highest BCUT2D eigenvalue weighted by molar-refractivity contribution is 5.67. The molecule has 0 amide bonds. The lowest BCUT2D eigenvalue weighted by Gasteiger charge is -2.28. The standard InChI is InChI=1S/C13H24N4O/c1-6-18-13-11(14)12(15-8-16-13)17(5)10(4)7-9(2)3/h8-10H,6-7,14H2,1-5H3. The van der Waals surface area contributed by atoms with Crippen LogP contribution in [0.1, 0.15) is 34.1 Å². The molecular formula is C13H24N4O. The molecule has 0 aliphatic carbocycles. The number of nitrogens with two attached hydrogens (primary N) is 1. The number of ether oxygens (including phenoxy) is 1. The van der Waals surface area contributed by atoms with Crippen molar-refractivity contribution >= 4 is 11.5 Å². The van der Waals surface area contributed by atoms with Crippen molar-refractivity contribution in [2.75, 3.05) is 24.3 Å². The fourth-order valence-electron chi connectivity index (χ4n) is 1.95. The van der Waals surface area contributed by atoms with Crippen LogP contribution in [-0.4, -0.2) is 29.7 Å². The van der Waals surface area contributed by atoms with Crippen LogP contribution in [0, 0.1) is 5.92 Å². The van der Waals surface area contributed by atoms with Crippen LogP contribution < -0.4 is 15.4 Å². The molecule has 0 bridgehead atoms. The van der Waals surface area contributed by atoms with E-state index in [-0.39, 0.29) is 0 Å². The van der Waals surface area contributed by atoms with E-state index in [1.54, 1.807) is 0 Å². The van der Waals surface area contributed by atoms with Crippen molar-refractivity contribution < 1.29 is 4.74 Å². The largest absolute Gasteiger partial charge is 0.476 e. The van der Waals surface area contributed by atoms with E-state index in [4.69, 9.17) is 10.5 Å². The van der Waals surface area contributed by atoms with Crippen molar-refractivity contribution in [1.29, 1.82) is 0 Å². The highest BCUT2D eigenvalue weighted by atomic mass is 16.5. The molecule has 5 heteroatoms. The van der Waals surface area contributed by atoms with Crippen molar-refractivity contribution in [2.45, 2.75) is 40.2 Å². The summed E-state index contributed by atoms with van der Waals surface area (Å²) in [6.07, 6.45) is 2.58. The summed E-state index contributed by atoms with van der Waals surface area (Å²) in [7, 11) is 2.00. The first-order valence-corrected chi connectivity index (χ1v) is 6.43. The van der Waals surface area contributed by atoms with Gasteiger partial charge in [0.2, 0.25) is 5.88 Å². The lowest BCUT2D eigenvalue weighted by atomic mass is 10.0. The summed E-state index contributed by atoms with van der Waals surface area (Å²) in [5, 5.41) is 0. The Labute approximate surface area is 109 Å². The third kappa shape index (κ3) is 3.48. The molecule has 0 aliphatic heterocycles. The van der Waals surface area contributed by atoms with Crippen molar-refractivity contribution in [1.82, 2.24) is 9.97 Å². The number of anilines is 2. The molecule has 1 heterocycles. The molecule has 0 aliphatic rings. The summed E-state index contributed by atoms with van der Waals surface area (Å²) < 4.78 is 5.39. The minimum atomic E-state index is 0.372. The molecule has 1 aromatic rings. The Balaban J connectivity index is 2.91. The predicted molar refractivity (Wildman–Crippen MR) is 74.9 cm³/mol. The topological polar surface area (TPSA) is 64.3 Å². The molecule has 5 nitrogen and oxygen atoms in total. The van der Waals surface area contributed by atoms with Gasteiger partial charge >= 0.3 is 0 Å². The Bertz CT molecular complexity index is 381. The molecule has 0 saturated heterocycles. The Morgan fingerprint density at radius 1 is 1.33 bits per heavy atom. The first kappa shape index (κ1) is 14.5. The third-order valence-electron chi connectivity index (χ3n) is 2.92. The van der Waals surface area contributed by atoms with Crippen molar-refractivity contribution in [3.63, 3.8) is 0 Å². The number of rotatable bonds is 6. The number of nitrogens with zero attached hydrogens (tertiary/aromatic N) is 3. The van der Waals surface area contributed by atoms with E-state index in [1.165, 1.54) is 6.33 Å². The molecule has 2 N–H and O–H groups in total. The lowest BCUT2D eigenvalue weighted by Crippen LogP contribution is -2.31. The van der Waals surface area contributed by atoms with Gasteiger partial charge in [-0.25, -0.2) is 4.98 Å². The molecule has 0 spiro atoms. The molecule has 1 atom stereocenters. The van der Waals surface area contributed by atoms with Gasteiger partial charge in [0, 0.05) is 13.1 Å². The summed E-state index contributed by atoms with van der Waals surface area (Å²) >= 11 is 0. The molecule has 0 saturated carbocycles. The van der Waals surface area contributed by atoms with Gasteiger partial charge in [-0.2, -0.15) is 4.98 Å². The quantitative estimate of drug-likeness (QED) is 0.841. The van der Waals surface area contributed by atoms with Gasteiger partial charge < -0.3 is 15.4 Å². The van der Waals surface area contributed by atoms with E-state index < -0.39 is 0 Å². The first-order valence-electron chi connectivity index (χ1n) is 6.43. The molecule has 102 valence electrons. The normalized spacial score (nSPS) is 12.6. The highest BCUT2D eigenvalue weighted by Gasteiger charge is 2.18. The second-order valence-corrected chi connectivity index (χ2v) is 4.94. The van der Waals surface area contributed by atoms with Crippen LogP contribution in [0.2, 0.25) is 0 Å². The van der Waals surface area contributed by atoms with Gasteiger partial charge in [0.15, 0.2) is 5.82 Å². The van der Waals surface area contributed by atoms with Crippen LogP contribution in [0.25, 0.3) is 0 Å². The van der Waals surface area contributed by atoms with E-state index in [9.17, 15) is 0 Å². The van der Waals surface area contributed by atoms with Gasteiger partial charge in [-0.05, 0) is 26.2 Å². The van der Waals surface area contributed by atoms with Gasteiger partial charge in [-0.1, -0.05) is 13.8 Å². The van der Waals surface area contributed by atoms with Gasteiger partial charge in [0.1, 0.15) is 12.0 Å². The van der Waals surface area contributed by atoms with Crippen LogP contribution in [0.5, 0.6) is 5.88 Å². The van der Waals surface area contributed by atoms with E-state index in [2.05, 4.69) is 35.6 Å². The second kappa shape index (κ2) is 6.42. The smallest absolute Gasteiger partial charge is 0.242 e. The zero-order chi connectivity index (χ0) is 13.7. The molecule has 0 radical (unpaired) electrons. The van der Waals surface area contributed by atoms with Crippen molar-refractivity contribution in [2.24, 2.45) is 5.92 Å². The Kier molecular flexibility index (Phi) is 5.19. The Hall–Kier alpha value is -1.52. The maximum atomic E-state index is 6.05. The summed E-state index contributed by atoms with van der Waals surface area (Å²) in [6.45, 7) is 9.04. The summed E-state index contributed by atoms with van der Waals surface area (Å²) in [4.78, 5) is 10.4. The Morgan fingerprint density at radius 2 is 2.00 bits per heavy atom. The molecule has 1 aromatic heterocycles. The van der Waals surface area contributed by atoms with Gasteiger partial charge in [0.05, 0.1) is 6.61 Å². The van der Waals surface area contributed by atoms with Crippen LogP contribution in [0.15, 0.2) is 6.33 Å². The number of aromatic nitrogens is 2. The predicted octanol–water partition coefficient (Wildman–Crippen LogP) is 2.33. The second-order valence-electron chi connectivity index (χ2n) is 4.94. The molecule has 1 unspecified atom stereocenters. The van der Waals surface area contributed by atoms with Crippen molar-refractivity contribution in [3.05, 3.63) is 6.33 Å². The molecule has 0 fully saturated rings. The van der Waals surface area contributed by atoms with Crippen LogP contribution in [0.4, 0.5) is 11.5 Å². The van der Waals surface area contributed by atoms with E-state index >= 15 is 0 Å². The van der Waals surface area contributed by atoms with Crippen molar-refractivity contribution in [3.8, 4) is 5.88 Å². The SMILES string of the molecule is CCOc1ncnc(N(C)C(C)CC(C)C)c1N. The fourth-order valence-corrected chi connectivity index (χ4v) is 1.95. The fraction of sp³-hybridized carbons (Fsp3) is 0.692.